The lowest BCUT2D eigenvalue weighted by atomic mass is 10.1. The number of aryl methyl sites for hydroxylation is 1. The Morgan fingerprint density at radius 1 is 1.05 bits per heavy atom. The molecular formula is C23H24F7N3O6. The molecule has 16 heteroatoms. The molecule has 2 N–H and O–H groups in total. The number of alkyl halides is 6. The number of ether oxygens (including phenoxy) is 2. The van der Waals surface area contributed by atoms with Gasteiger partial charge in [0.2, 0.25) is 0 Å². The van der Waals surface area contributed by atoms with Crippen molar-refractivity contribution in [2.45, 2.75) is 56.9 Å². The fourth-order valence-corrected chi connectivity index (χ4v) is 3.81. The van der Waals surface area contributed by atoms with Crippen molar-refractivity contribution in [3.63, 3.8) is 0 Å². The lowest BCUT2D eigenvalue weighted by Crippen LogP contribution is -2.51. The molecule has 1 saturated heterocycles. The van der Waals surface area contributed by atoms with Gasteiger partial charge in [0.1, 0.15) is 12.2 Å². The smallest absolute Gasteiger partial charge is 0.475 e. The Hall–Kier alpha value is -3.53. The van der Waals surface area contributed by atoms with Crippen molar-refractivity contribution in [1.82, 2.24) is 14.9 Å². The summed E-state index contributed by atoms with van der Waals surface area (Å²) in [5.74, 6) is -5.88. The van der Waals surface area contributed by atoms with Crippen molar-refractivity contribution in [3.05, 3.63) is 53.7 Å². The Morgan fingerprint density at radius 3 is 2.21 bits per heavy atom. The van der Waals surface area contributed by atoms with Crippen molar-refractivity contribution in [3.8, 4) is 5.88 Å². The highest BCUT2D eigenvalue weighted by Crippen LogP contribution is 2.33. The molecule has 0 spiro atoms. The number of aliphatic carboxylic acids is 2. The number of carboxylic acids is 2. The third-order valence-corrected chi connectivity index (χ3v) is 5.43. The molecule has 216 valence electrons. The molecule has 1 aliphatic carbocycles. The lowest BCUT2D eigenvalue weighted by molar-refractivity contribution is -0.193. The first-order chi connectivity index (χ1) is 18.1. The molecule has 4 rings (SSSR count). The second-order valence-corrected chi connectivity index (χ2v) is 8.27. The molecule has 2 aromatic heterocycles. The van der Waals surface area contributed by atoms with E-state index in [1.54, 1.807) is 12.3 Å². The van der Waals surface area contributed by atoms with E-state index in [0.717, 1.165) is 37.3 Å². The zero-order chi connectivity index (χ0) is 29.4. The van der Waals surface area contributed by atoms with E-state index in [4.69, 9.17) is 29.3 Å². The summed E-state index contributed by atoms with van der Waals surface area (Å²) in [6.07, 6.45) is -7.04. The Morgan fingerprint density at radius 2 is 1.67 bits per heavy atom. The molecule has 2 fully saturated rings. The number of fused-ring (bicyclic) bond motifs is 1. The Kier molecular flexibility index (Phi) is 11.0. The van der Waals surface area contributed by atoms with E-state index in [1.807, 2.05) is 19.1 Å². The number of carbonyl (C=O) groups is 2. The minimum atomic E-state index is -5.08. The predicted molar refractivity (Wildman–Crippen MR) is 118 cm³/mol. The normalized spacial score (nSPS) is 21.0. The van der Waals surface area contributed by atoms with E-state index in [-0.39, 0.29) is 24.1 Å². The predicted octanol–water partition coefficient (Wildman–Crippen LogP) is 4.00. The lowest BCUT2D eigenvalue weighted by Gasteiger charge is -2.38. The number of hydrogen-bond acceptors (Lipinski definition) is 7. The van der Waals surface area contributed by atoms with E-state index in [2.05, 4.69) is 20.9 Å². The third-order valence-electron chi connectivity index (χ3n) is 5.43. The molecule has 2 aromatic rings. The van der Waals surface area contributed by atoms with E-state index in [0.29, 0.717) is 6.61 Å². The van der Waals surface area contributed by atoms with Gasteiger partial charge in [0, 0.05) is 31.0 Å². The highest BCUT2D eigenvalue weighted by molar-refractivity contribution is 5.73. The third kappa shape index (κ3) is 9.94. The van der Waals surface area contributed by atoms with Crippen LogP contribution in [0.3, 0.4) is 0 Å². The van der Waals surface area contributed by atoms with Gasteiger partial charge in [-0.25, -0.2) is 19.0 Å². The van der Waals surface area contributed by atoms with Gasteiger partial charge in [-0.1, -0.05) is 6.07 Å². The summed E-state index contributed by atoms with van der Waals surface area (Å²) < 4.78 is 89.1. The topological polar surface area (TPSA) is 122 Å². The maximum Gasteiger partial charge on any atom is 0.490 e. The van der Waals surface area contributed by atoms with Gasteiger partial charge in [-0.15, -0.1) is 0 Å². The number of halogens is 7. The Labute approximate surface area is 217 Å². The van der Waals surface area contributed by atoms with Gasteiger partial charge in [0.15, 0.2) is 5.82 Å². The molecule has 0 aromatic carbocycles. The minimum absolute atomic E-state index is 0.0556. The SMILES string of the molecule is Cc1cccc(CN2CCO[C@H]3[C@@H](Oc4ncccc4F)CC[C@@H]32)n1.O=C(O)C(F)(F)F.O=C(O)C(F)(F)F. The summed E-state index contributed by atoms with van der Waals surface area (Å²) in [5.41, 5.74) is 2.10. The van der Waals surface area contributed by atoms with Crippen LogP contribution >= 0.6 is 0 Å². The van der Waals surface area contributed by atoms with Gasteiger partial charge in [0.25, 0.3) is 5.88 Å². The van der Waals surface area contributed by atoms with Gasteiger partial charge in [0.05, 0.1) is 12.3 Å². The maximum absolute atomic E-state index is 13.8. The van der Waals surface area contributed by atoms with Gasteiger partial charge >= 0.3 is 24.3 Å². The summed E-state index contributed by atoms with van der Waals surface area (Å²) in [7, 11) is 0. The van der Waals surface area contributed by atoms with Crippen LogP contribution in [0.5, 0.6) is 5.88 Å². The van der Waals surface area contributed by atoms with E-state index < -0.39 is 30.1 Å². The Bertz CT molecular complexity index is 1090. The molecule has 1 saturated carbocycles. The zero-order valence-corrected chi connectivity index (χ0v) is 20.2. The van der Waals surface area contributed by atoms with Crippen LogP contribution in [0.25, 0.3) is 0 Å². The van der Waals surface area contributed by atoms with Crippen LogP contribution in [-0.2, 0) is 20.9 Å². The number of nitrogens with zero attached hydrogens (tertiary/aromatic N) is 3. The second-order valence-electron chi connectivity index (χ2n) is 8.27. The van der Waals surface area contributed by atoms with Crippen molar-refractivity contribution in [1.29, 1.82) is 0 Å². The fraction of sp³-hybridized carbons (Fsp3) is 0.478. The Balaban J connectivity index is 0.000000317. The molecule has 39 heavy (non-hydrogen) atoms. The summed E-state index contributed by atoms with van der Waals surface area (Å²) in [4.78, 5) is 28.8. The first-order valence-corrected chi connectivity index (χ1v) is 11.2. The first kappa shape index (κ1) is 31.7. The standard InChI is InChI=1S/C19H22FN3O2.2C2HF3O2/c1-13-4-2-5-14(22-13)12-23-10-11-24-18-16(23)7-8-17(18)25-19-15(20)6-3-9-21-19;2*3-2(4,5)1(6)7/h2-6,9,16-18H,7-8,10-12H2,1H3;2*(H,6,7)/t16-,17-,18+;;/m0../s1. The number of pyridine rings is 2. The van der Waals surface area contributed by atoms with Gasteiger partial charge < -0.3 is 19.7 Å². The van der Waals surface area contributed by atoms with Crippen molar-refractivity contribution < 1.29 is 60.0 Å². The minimum Gasteiger partial charge on any atom is -0.475 e. The molecule has 2 aliphatic rings. The first-order valence-electron chi connectivity index (χ1n) is 11.2. The number of morpholine rings is 1. The van der Waals surface area contributed by atoms with Crippen LogP contribution in [0.1, 0.15) is 24.2 Å². The molecule has 1 aliphatic heterocycles. The molecule has 0 unspecified atom stereocenters. The summed E-state index contributed by atoms with van der Waals surface area (Å²) in [5, 5.41) is 14.2. The van der Waals surface area contributed by atoms with Crippen molar-refractivity contribution in [2.24, 2.45) is 0 Å². The highest BCUT2D eigenvalue weighted by atomic mass is 19.4. The van der Waals surface area contributed by atoms with Crippen LogP contribution in [-0.4, -0.2) is 80.8 Å². The number of rotatable bonds is 4. The van der Waals surface area contributed by atoms with E-state index in [9.17, 15) is 30.7 Å². The van der Waals surface area contributed by atoms with Gasteiger partial charge in [-0.05, 0) is 44.0 Å². The van der Waals surface area contributed by atoms with Crippen LogP contribution in [0.2, 0.25) is 0 Å². The van der Waals surface area contributed by atoms with Crippen LogP contribution < -0.4 is 4.74 Å². The van der Waals surface area contributed by atoms with Gasteiger partial charge in [-0.2, -0.15) is 26.3 Å². The fourth-order valence-electron chi connectivity index (χ4n) is 3.81. The van der Waals surface area contributed by atoms with Crippen LogP contribution in [0.15, 0.2) is 36.5 Å². The molecule has 3 heterocycles. The molecule has 9 nitrogen and oxygen atoms in total. The van der Waals surface area contributed by atoms with E-state index in [1.165, 1.54) is 6.07 Å². The zero-order valence-electron chi connectivity index (χ0n) is 20.2. The largest absolute Gasteiger partial charge is 0.490 e. The molecule has 3 atom stereocenters. The summed E-state index contributed by atoms with van der Waals surface area (Å²) in [6, 6.07) is 9.31. The number of carboxylic acid groups (broad SMARTS) is 2. The van der Waals surface area contributed by atoms with E-state index >= 15 is 0 Å². The molecule has 0 bridgehead atoms. The monoisotopic (exact) mass is 571 g/mol. The number of hydrogen-bond donors (Lipinski definition) is 2. The highest BCUT2D eigenvalue weighted by Gasteiger charge is 2.44. The molecule has 0 radical (unpaired) electrons. The summed E-state index contributed by atoms with van der Waals surface area (Å²) in [6.45, 7) is 4.34. The van der Waals surface area contributed by atoms with Crippen molar-refractivity contribution in [2.75, 3.05) is 13.2 Å². The molecule has 0 amide bonds. The number of aromatic nitrogens is 2. The van der Waals surface area contributed by atoms with Gasteiger partial charge in [-0.3, -0.25) is 9.88 Å². The quantitative estimate of drug-likeness (QED) is 0.525. The average molecular weight is 571 g/mol. The van der Waals surface area contributed by atoms with Crippen molar-refractivity contribution >= 4 is 11.9 Å². The average Bonchev–Trinajstić information content (AvgIpc) is 3.24. The summed E-state index contributed by atoms with van der Waals surface area (Å²) >= 11 is 0. The molecular weight excluding hydrogens is 547 g/mol. The van der Waals surface area contributed by atoms with Crippen LogP contribution in [0.4, 0.5) is 30.7 Å². The second kappa shape index (κ2) is 13.5. The maximum atomic E-state index is 13.8. The van der Waals surface area contributed by atoms with Crippen LogP contribution in [0, 0.1) is 12.7 Å².